The Morgan fingerprint density at radius 3 is 2.73 bits per heavy atom. The lowest BCUT2D eigenvalue weighted by atomic mass is 10.2. The van der Waals surface area contributed by atoms with Gasteiger partial charge in [0.2, 0.25) is 5.91 Å². The highest BCUT2D eigenvalue weighted by atomic mass is 32.2. The van der Waals surface area contributed by atoms with E-state index in [1.807, 2.05) is 19.1 Å². The first-order chi connectivity index (χ1) is 14.4. The first kappa shape index (κ1) is 21.8. The van der Waals surface area contributed by atoms with Crippen molar-refractivity contribution >= 4 is 28.6 Å². The molecule has 1 heterocycles. The van der Waals surface area contributed by atoms with Crippen LogP contribution in [0.3, 0.4) is 0 Å². The molecule has 3 aromatic rings. The van der Waals surface area contributed by atoms with E-state index in [1.54, 1.807) is 35.9 Å². The van der Waals surface area contributed by atoms with Gasteiger partial charge >= 0.3 is 0 Å². The van der Waals surface area contributed by atoms with Gasteiger partial charge in [0.15, 0.2) is 16.7 Å². The molecule has 8 heteroatoms. The summed E-state index contributed by atoms with van der Waals surface area (Å²) in [5, 5.41) is 1.10. The second kappa shape index (κ2) is 9.75. The lowest BCUT2D eigenvalue weighted by Crippen LogP contribution is -2.29. The van der Waals surface area contributed by atoms with Crippen molar-refractivity contribution < 1.29 is 13.9 Å². The van der Waals surface area contributed by atoms with Gasteiger partial charge in [-0.25, -0.2) is 9.37 Å². The number of carbonyl (C=O) groups excluding carboxylic acids is 1. The number of nitrogens with zero attached hydrogens (tertiary/aromatic N) is 3. The Hall–Kier alpha value is -2.87. The van der Waals surface area contributed by atoms with E-state index >= 15 is 0 Å². The molecule has 0 aliphatic carbocycles. The fraction of sp³-hybridized carbons (Fsp3) is 0.318. The molecule has 0 radical (unpaired) electrons. The number of aromatic nitrogens is 2. The van der Waals surface area contributed by atoms with Gasteiger partial charge in [-0.15, -0.1) is 0 Å². The SMILES string of the molecule is CCCn1c(SCC(=O)N(C)Cc2ccc(OC)c(F)c2)nc2ccccc2c1=O. The third kappa shape index (κ3) is 4.81. The van der Waals surface area contributed by atoms with Gasteiger partial charge in [0.25, 0.3) is 5.56 Å². The molecule has 0 saturated carbocycles. The summed E-state index contributed by atoms with van der Waals surface area (Å²) in [6.45, 7) is 2.80. The molecule has 0 N–H and O–H groups in total. The third-order valence-electron chi connectivity index (χ3n) is 4.66. The van der Waals surface area contributed by atoms with Crippen molar-refractivity contribution in [1.29, 1.82) is 0 Å². The van der Waals surface area contributed by atoms with Gasteiger partial charge in [-0.1, -0.05) is 36.9 Å². The van der Waals surface area contributed by atoms with Crippen LogP contribution in [-0.2, 0) is 17.9 Å². The summed E-state index contributed by atoms with van der Waals surface area (Å²) in [5.74, 6) is -0.306. The molecule has 3 rings (SSSR count). The fourth-order valence-electron chi connectivity index (χ4n) is 3.09. The van der Waals surface area contributed by atoms with E-state index in [0.29, 0.717) is 28.2 Å². The molecule has 1 amide bonds. The summed E-state index contributed by atoms with van der Waals surface area (Å²) < 4.78 is 20.4. The normalized spacial score (nSPS) is 10.9. The minimum absolute atomic E-state index is 0.0977. The van der Waals surface area contributed by atoms with Crippen LogP contribution in [0.15, 0.2) is 52.4 Å². The number of fused-ring (bicyclic) bond motifs is 1. The Labute approximate surface area is 178 Å². The molecule has 0 atom stereocenters. The number of hydrogen-bond acceptors (Lipinski definition) is 5. The second-order valence-corrected chi connectivity index (χ2v) is 7.82. The second-order valence-electron chi connectivity index (χ2n) is 6.88. The minimum Gasteiger partial charge on any atom is -0.494 e. The minimum atomic E-state index is -0.464. The van der Waals surface area contributed by atoms with Crippen LogP contribution in [0, 0.1) is 5.82 Å². The van der Waals surface area contributed by atoms with E-state index in [9.17, 15) is 14.0 Å². The van der Waals surface area contributed by atoms with Gasteiger partial charge in [-0.2, -0.15) is 0 Å². The highest BCUT2D eigenvalue weighted by molar-refractivity contribution is 7.99. The molecule has 6 nitrogen and oxygen atoms in total. The zero-order chi connectivity index (χ0) is 21.7. The van der Waals surface area contributed by atoms with Crippen LogP contribution in [0.1, 0.15) is 18.9 Å². The number of rotatable bonds is 8. The van der Waals surface area contributed by atoms with Crippen molar-refractivity contribution in [2.75, 3.05) is 19.9 Å². The number of halogens is 1. The van der Waals surface area contributed by atoms with Crippen molar-refractivity contribution in [3.05, 3.63) is 64.2 Å². The molecule has 0 aliphatic heterocycles. The maximum absolute atomic E-state index is 13.9. The van der Waals surface area contributed by atoms with Gasteiger partial charge in [0.1, 0.15) is 0 Å². The van der Waals surface area contributed by atoms with Crippen molar-refractivity contribution in [2.45, 2.75) is 31.6 Å². The van der Waals surface area contributed by atoms with Crippen molar-refractivity contribution in [3.8, 4) is 5.75 Å². The van der Waals surface area contributed by atoms with E-state index < -0.39 is 5.82 Å². The summed E-state index contributed by atoms with van der Waals surface area (Å²) in [6, 6.07) is 11.8. The van der Waals surface area contributed by atoms with Gasteiger partial charge in [-0.05, 0) is 36.2 Å². The average Bonchev–Trinajstić information content (AvgIpc) is 2.74. The third-order valence-corrected chi connectivity index (χ3v) is 5.62. The molecule has 0 unspecified atom stereocenters. The molecule has 0 saturated heterocycles. The van der Waals surface area contributed by atoms with Crippen molar-refractivity contribution in [2.24, 2.45) is 0 Å². The smallest absolute Gasteiger partial charge is 0.262 e. The lowest BCUT2D eigenvalue weighted by molar-refractivity contribution is -0.127. The predicted molar refractivity (Wildman–Crippen MR) is 116 cm³/mol. The fourth-order valence-corrected chi connectivity index (χ4v) is 4.05. The monoisotopic (exact) mass is 429 g/mol. The van der Waals surface area contributed by atoms with Gasteiger partial charge in [-0.3, -0.25) is 14.2 Å². The maximum atomic E-state index is 13.9. The quantitative estimate of drug-likeness (QED) is 0.404. The highest BCUT2D eigenvalue weighted by Crippen LogP contribution is 2.21. The standard InChI is InChI=1S/C22H24FN3O3S/c1-4-11-26-21(28)16-7-5-6-8-18(16)24-22(26)30-14-20(27)25(2)13-15-9-10-19(29-3)17(23)12-15/h5-10,12H,4,11,13-14H2,1-3H3. The number of amides is 1. The van der Waals surface area contributed by atoms with Crippen LogP contribution in [0.2, 0.25) is 0 Å². The molecular formula is C22H24FN3O3S. The van der Waals surface area contributed by atoms with Crippen LogP contribution in [0.25, 0.3) is 10.9 Å². The van der Waals surface area contributed by atoms with Crippen LogP contribution >= 0.6 is 11.8 Å². The Balaban J connectivity index is 1.73. The summed E-state index contributed by atoms with van der Waals surface area (Å²) in [5.41, 5.74) is 1.19. The largest absolute Gasteiger partial charge is 0.494 e. The molecule has 30 heavy (non-hydrogen) atoms. The molecule has 0 bridgehead atoms. The molecule has 1 aromatic heterocycles. The summed E-state index contributed by atoms with van der Waals surface area (Å²) in [4.78, 5) is 31.5. The number of ether oxygens (including phenoxy) is 1. The Bertz CT molecular complexity index is 1120. The Kier molecular flexibility index (Phi) is 7.10. The Morgan fingerprint density at radius 1 is 1.27 bits per heavy atom. The van der Waals surface area contributed by atoms with E-state index in [1.165, 1.54) is 29.8 Å². The molecular weight excluding hydrogens is 405 g/mol. The Morgan fingerprint density at radius 2 is 2.03 bits per heavy atom. The molecule has 2 aromatic carbocycles. The van der Waals surface area contributed by atoms with Crippen LogP contribution < -0.4 is 10.3 Å². The zero-order valence-electron chi connectivity index (χ0n) is 17.2. The first-order valence-corrected chi connectivity index (χ1v) is 10.6. The predicted octanol–water partition coefficient (Wildman–Crippen LogP) is 3.70. The first-order valence-electron chi connectivity index (χ1n) is 9.63. The number of thioether (sulfide) groups is 1. The van der Waals surface area contributed by atoms with Gasteiger partial charge in [0, 0.05) is 20.1 Å². The number of hydrogen-bond donors (Lipinski definition) is 0. The maximum Gasteiger partial charge on any atom is 0.262 e. The number of benzene rings is 2. The van der Waals surface area contributed by atoms with Crippen LogP contribution in [0.5, 0.6) is 5.75 Å². The van der Waals surface area contributed by atoms with Crippen molar-refractivity contribution in [1.82, 2.24) is 14.5 Å². The summed E-state index contributed by atoms with van der Waals surface area (Å²) >= 11 is 1.24. The topological polar surface area (TPSA) is 64.4 Å². The lowest BCUT2D eigenvalue weighted by Gasteiger charge is -2.18. The van der Waals surface area contributed by atoms with Crippen molar-refractivity contribution in [3.63, 3.8) is 0 Å². The summed E-state index contributed by atoms with van der Waals surface area (Å²) in [7, 11) is 3.07. The zero-order valence-corrected chi connectivity index (χ0v) is 18.0. The van der Waals surface area contributed by atoms with Crippen LogP contribution in [-0.4, -0.2) is 40.3 Å². The molecule has 0 aliphatic rings. The van der Waals surface area contributed by atoms with Gasteiger partial charge < -0.3 is 9.64 Å². The average molecular weight is 430 g/mol. The van der Waals surface area contributed by atoms with Crippen LogP contribution in [0.4, 0.5) is 4.39 Å². The molecule has 0 spiro atoms. The summed E-state index contributed by atoms with van der Waals surface area (Å²) in [6.07, 6.45) is 0.782. The van der Waals surface area contributed by atoms with E-state index in [2.05, 4.69) is 4.98 Å². The van der Waals surface area contributed by atoms with E-state index in [0.717, 1.165) is 6.42 Å². The van der Waals surface area contributed by atoms with E-state index in [4.69, 9.17) is 4.74 Å². The number of methoxy groups -OCH3 is 1. The number of para-hydroxylation sites is 1. The van der Waals surface area contributed by atoms with E-state index in [-0.39, 0.29) is 29.5 Å². The molecule has 0 fully saturated rings. The van der Waals surface area contributed by atoms with Gasteiger partial charge in [0.05, 0.1) is 23.8 Å². The number of carbonyl (C=O) groups is 1. The highest BCUT2D eigenvalue weighted by Gasteiger charge is 2.15. The molecule has 158 valence electrons.